The van der Waals surface area contributed by atoms with Crippen molar-refractivity contribution >= 4 is 17.9 Å². The molecule has 5 rings (SSSR count). The van der Waals surface area contributed by atoms with Gasteiger partial charge in [-0.15, -0.1) is 6.58 Å². The predicted molar refractivity (Wildman–Crippen MR) is 215 cm³/mol. The molecule has 9 nitrogen and oxygen atoms in total. The molecule has 0 aromatic heterocycles. The van der Waals surface area contributed by atoms with Gasteiger partial charge in [0, 0.05) is 28.9 Å². The van der Waals surface area contributed by atoms with Crippen molar-refractivity contribution in [3.63, 3.8) is 0 Å². The molecule has 0 saturated carbocycles. The Morgan fingerprint density at radius 3 is 1.58 bits per heavy atom. The van der Waals surface area contributed by atoms with E-state index in [0.717, 1.165) is 49.2 Å². The SMILES string of the molecule is C=CCOCCCCCCOc1ccc(C#Cc2ccc(C(=O)Oc3ccc(OC(=O)c4ccc(C#Cc5ccc(C#N)cc5)cc4)cc3C(=O)OC)cc2)cc1. The average molecular weight is 758 g/mol. The van der Waals surface area contributed by atoms with E-state index in [9.17, 15) is 14.4 Å². The first-order valence-corrected chi connectivity index (χ1v) is 18.2. The first kappa shape index (κ1) is 40.8. The van der Waals surface area contributed by atoms with Crippen molar-refractivity contribution < 1.29 is 38.1 Å². The van der Waals surface area contributed by atoms with Crippen molar-refractivity contribution in [1.29, 1.82) is 5.26 Å². The highest BCUT2D eigenvalue weighted by Gasteiger charge is 2.20. The molecule has 0 spiro atoms. The van der Waals surface area contributed by atoms with Gasteiger partial charge in [0.2, 0.25) is 0 Å². The second-order valence-electron chi connectivity index (χ2n) is 12.4. The minimum atomic E-state index is -0.789. The van der Waals surface area contributed by atoms with Crippen LogP contribution in [-0.4, -0.2) is 44.8 Å². The highest BCUT2D eigenvalue weighted by molar-refractivity contribution is 5.97. The lowest BCUT2D eigenvalue weighted by Gasteiger charge is -2.11. The fraction of sp³-hybridized carbons (Fsp3) is 0.167. The number of nitrogens with zero attached hydrogens (tertiary/aromatic N) is 1. The molecule has 0 aliphatic carbocycles. The second-order valence-corrected chi connectivity index (χ2v) is 12.4. The Morgan fingerprint density at radius 2 is 1.05 bits per heavy atom. The zero-order valence-electron chi connectivity index (χ0n) is 31.4. The molecule has 0 unspecified atom stereocenters. The molecule has 9 heteroatoms. The van der Waals surface area contributed by atoms with Crippen molar-refractivity contribution in [1.82, 2.24) is 0 Å². The van der Waals surface area contributed by atoms with Gasteiger partial charge in [-0.1, -0.05) is 36.2 Å². The van der Waals surface area contributed by atoms with E-state index in [1.165, 1.54) is 25.3 Å². The monoisotopic (exact) mass is 757 g/mol. The Bertz CT molecular complexity index is 2330. The van der Waals surface area contributed by atoms with E-state index in [1.54, 1.807) is 78.9 Å². The standard InChI is InChI=1S/C48H39NO8/c1-3-30-54-31-6-4-5-7-32-55-42-26-20-38(21-27-42)11-10-37-18-24-41(25-19-37)47(51)57-45-29-28-43(33-44(45)48(52)53-2)56-46(50)40-22-16-36(17-23-40)9-8-35-12-14-39(34-49)15-13-35/h3,12-29,33H,1,4-7,30-32H2,2H3. The maximum Gasteiger partial charge on any atom is 0.343 e. The first-order valence-electron chi connectivity index (χ1n) is 18.2. The Balaban J connectivity index is 1.13. The molecule has 0 aliphatic rings. The van der Waals surface area contributed by atoms with Crippen LogP contribution in [0.3, 0.4) is 0 Å². The van der Waals surface area contributed by atoms with Crippen LogP contribution < -0.4 is 14.2 Å². The number of hydrogen-bond acceptors (Lipinski definition) is 9. The van der Waals surface area contributed by atoms with Crippen LogP contribution in [0.15, 0.2) is 128 Å². The summed E-state index contributed by atoms with van der Waals surface area (Å²) >= 11 is 0. The third-order valence-electron chi connectivity index (χ3n) is 8.27. The van der Waals surface area contributed by atoms with Crippen LogP contribution in [0.2, 0.25) is 0 Å². The molecule has 0 bridgehead atoms. The van der Waals surface area contributed by atoms with Gasteiger partial charge in [-0.05, 0) is 135 Å². The molecule has 5 aromatic rings. The Morgan fingerprint density at radius 1 is 0.579 bits per heavy atom. The summed E-state index contributed by atoms with van der Waals surface area (Å²) in [5.41, 5.74) is 3.85. The topological polar surface area (TPSA) is 121 Å². The summed E-state index contributed by atoms with van der Waals surface area (Å²) in [6, 6.07) is 33.6. The fourth-order valence-electron chi connectivity index (χ4n) is 5.20. The summed E-state index contributed by atoms with van der Waals surface area (Å²) in [4.78, 5) is 38.6. The van der Waals surface area contributed by atoms with Gasteiger partial charge in [0.05, 0.1) is 43.1 Å². The fourth-order valence-corrected chi connectivity index (χ4v) is 5.20. The van der Waals surface area contributed by atoms with Crippen LogP contribution in [0.4, 0.5) is 0 Å². The summed E-state index contributed by atoms with van der Waals surface area (Å²) < 4.78 is 27.2. The van der Waals surface area contributed by atoms with Crippen LogP contribution in [0.5, 0.6) is 17.2 Å². The Hall–Kier alpha value is -7.38. The average Bonchev–Trinajstić information content (AvgIpc) is 3.25. The van der Waals surface area contributed by atoms with Crippen LogP contribution in [0, 0.1) is 35.0 Å². The summed E-state index contributed by atoms with van der Waals surface area (Å²) in [5.74, 6) is 10.8. The van der Waals surface area contributed by atoms with Crippen molar-refractivity contribution in [3.8, 4) is 47.0 Å². The quantitative estimate of drug-likeness (QED) is 0.0339. The zero-order valence-corrected chi connectivity index (χ0v) is 31.4. The number of nitriles is 1. The molecule has 0 saturated heterocycles. The number of carbonyl (C=O) groups excluding carboxylic acids is 3. The van der Waals surface area contributed by atoms with Crippen molar-refractivity contribution in [2.75, 3.05) is 26.9 Å². The van der Waals surface area contributed by atoms with Crippen molar-refractivity contribution in [3.05, 3.63) is 172 Å². The second kappa shape index (κ2) is 21.5. The number of ether oxygens (including phenoxy) is 5. The minimum Gasteiger partial charge on any atom is -0.494 e. The van der Waals surface area contributed by atoms with Gasteiger partial charge in [0.25, 0.3) is 0 Å². The molecule has 0 N–H and O–H groups in total. The number of unbranched alkanes of at least 4 members (excludes halogenated alkanes) is 3. The number of methoxy groups -OCH3 is 1. The molecule has 0 radical (unpaired) electrons. The maximum absolute atomic E-state index is 13.1. The molecule has 284 valence electrons. The van der Waals surface area contributed by atoms with E-state index in [1.807, 2.05) is 24.3 Å². The van der Waals surface area contributed by atoms with E-state index in [4.69, 9.17) is 28.9 Å². The van der Waals surface area contributed by atoms with E-state index in [-0.39, 0.29) is 28.2 Å². The first-order chi connectivity index (χ1) is 27.8. The number of benzene rings is 5. The van der Waals surface area contributed by atoms with E-state index < -0.39 is 17.9 Å². The Labute approximate surface area is 332 Å². The zero-order chi connectivity index (χ0) is 40.2. The van der Waals surface area contributed by atoms with Crippen LogP contribution in [-0.2, 0) is 9.47 Å². The van der Waals surface area contributed by atoms with Gasteiger partial charge in [0.1, 0.15) is 22.8 Å². The summed E-state index contributed by atoms with van der Waals surface area (Å²) in [6.45, 7) is 5.64. The smallest absolute Gasteiger partial charge is 0.343 e. The van der Waals surface area contributed by atoms with Gasteiger partial charge in [-0.2, -0.15) is 5.26 Å². The molecule has 0 fully saturated rings. The van der Waals surface area contributed by atoms with Crippen molar-refractivity contribution in [2.24, 2.45) is 0 Å². The molecular weight excluding hydrogens is 719 g/mol. The summed E-state index contributed by atoms with van der Waals surface area (Å²) in [5, 5.41) is 8.95. The predicted octanol–water partition coefficient (Wildman–Crippen LogP) is 8.72. The molecule has 0 aliphatic heterocycles. The van der Waals surface area contributed by atoms with E-state index in [2.05, 4.69) is 36.3 Å². The maximum atomic E-state index is 13.1. The van der Waals surface area contributed by atoms with Gasteiger partial charge in [-0.25, -0.2) is 14.4 Å². The van der Waals surface area contributed by atoms with E-state index in [0.29, 0.717) is 29.9 Å². The summed E-state index contributed by atoms with van der Waals surface area (Å²) in [6.07, 6.45) is 5.94. The number of esters is 3. The van der Waals surface area contributed by atoms with Gasteiger partial charge >= 0.3 is 17.9 Å². The van der Waals surface area contributed by atoms with Crippen LogP contribution in [0.25, 0.3) is 0 Å². The lowest BCUT2D eigenvalue weighted by atomic mass is 10.1. The molecule has 0 amide bonds. The molecular formula is C48H39NO8. The minimum absolute atomic E-state index is 0.0442. The molecule has 5 aromatic carbocycles. The molecule has 57 heavy (non-hydrogen) atoms. The van der Waals surface area contributed by atoms with Gasteiger partial charge < -0.3 is 23.7 Å². The third-order valence-corrected chi connectivity index (χ3v) is 8.27. The number of carbonyl (C=O) groups is 3. The summed E-state index contributed by atoms with van der Waals surface area (Å²) in [7, 11) is 1.19. The van der Waals surface area contributed by atoms with Gasteiger partial charge in [0.15, 0.2) is 0 Å². The largest absolute Gasteiger partial charge is 0.494 e. The highest BCUT2D eigenvalue weighted by Crippen LogP contribution is 2.27. The van der Waals surface area contributed by atoms with E-state index >= 15 is 0 Å². The lowest BCUT2D eigenvalue weighted by Crippen LogP contribution is -2.13. The number of hydrogen-bond donors (Lipinski definition) is 0. The van der Waals surface area contributed by atoms with Crippen molar-refractivity contribution in [2.45, 2.75) is 25.7 Å². The number of rotatable bonds is 15. The lowest BCUT2D eigenvalue weighted by molar-refractivity contribution is 0.0589. The Kier molecular flexibility index (Phi) is 15.4. The van der Waals surface area contributed by atoms with Gasteiger partial charge in [-0.3, -0.25) is 0 Å². The highest BCUT2D eigenvalue weighted by atomic mass is 16.5. The van der Waals surface area contributed by atoms with Crippen LogP contribution in [0.1, 0.15) is 84.6 Å². The molecule has 0 heterocycles. The third kappa shape index (κ3) is 12.9. The molecule has 0 atom stereocenters. The normalized spacial score (nSPS) is 10.0. The van der Waals surface area contributed by atoms with Crippen LogP contribution >= 0.6 is 0 Å².